The Bertz CT molecular complexity index is 1060. The minimum absolute atomic E-state index is 0.0769. The Hall–Kier alpha value is -3.40. The third kappa shape index (κ3) is 4.72. The van der Waals surface area contributed by atoms with E-state index >= 15 is 0 Å². The first kappa shape index (κ1) is 20.3. The van der Waals surface area contributed by atoms with Gasteiger partial charge in [-0.15, -0.1) is 0 Å². The quantitative estimate of drug-likeness (QED) is 0.405. The summed E-state index contributed by atoms with van der Waals surface area (Å²) >= 11 is 5.94. The number of alkyl halides is 3. The van der Waals surface area contributed by atoms with E-state index in [4.69, 9.17) is 16.3 Å². The number of benzene rings is 2. The zero-order valence-electron chi connectivity index (χ0n) is 14.7. The Morgan fingerprint density at radius 1 is 1.14 bits per heavy atom. The maximum atomic E-state index is 13.0. The zero-order valence-corrected chi connectivity index (χ0v) is 15.5. The van der Waals surface area contributed by atoms with Crippen molar-refractivity contribution in [1.82, 2.24) is 9.97 Å². The lowest BCUT2D eigenvalue weighted by atomic mass is 10.2. The van der Waals surface area contributed by atoms with Crippen molar-refractivity contribution in [3.8, 4) is 11.6 Å². The molecule has 3 rings (SSSR count). The molecule has 0 amide bonds. The lowest BCUT2D eigenvalue weighted by Crippen LogP contribution is -2.07. The van der Waals surface area contributed by atoms with Crippen LogP contribution in [0.1, 0.15) is 11.1 Å². The van der Waals surface area contributed by atoms with Gasteiger partial charge in [0.1, 0.15) is 12.1 Å². The number of anilines is 2. The van der Waals surface area contributed by atoms with Crippen LogP contribution in [0.4, 0.5) is 30.4 Å². The molecular weight excluding hydrogens is 413 g/mol. The molecule has 1 heterocycles. The molecule has 29 heavy (non-hydrogen) atoms. The average molecular weight is 425 g/mol. The molecule has 0 fully saturated rings. The maximum absolute atomic E-state index is 13.0. The molecular formula is C18H12ClF3N4O3. The molecule has 0 aliphatic heterocycles. The van der Waals surface area contributed by atoms with E-state index in [1.54, 1.807) is 24.3 Å². The van der Waals surface area contributed by atoms with Gasteiger partial charge in [-0.05, 0) is 37.3 Å². The topological polar surface area (TPSA) is 90.2 Å². The van der Waals surface area contributed by atoms with E-state index in [-0.39, 0.29) is 22.4 Å². The number of rotatable bonds is 5. The summed E-state index contributed by atoms with van der Waals surface area (Å²) in [6.07, 6.45) is -3.63. The molecule has 0 saturated carbocycles. The molecule has 0 bridgehead atoms. The smallest absolute Gasteiger partial charge is 0.416 e. The third-order valence-corrected chi connectivity index (χ3v) is 4.08. The second-order valence-corrected chi connectivity index (χ2v) is 6.27. The molecule has 1 aromatic heterocycles. The lowest BCUT2D eigenvalue weighted by molar-refractivity contribution is -0.385. The fraction of sp³-hybridized carbons (Fsp3) is 0.111. The van der Waals surface area contributed by atoms with Crippen LogP contribution in [0.15, 0.2) is 48.8 Å². The Balaban J connectivity index is 2.00. The SMILES string of the molecule is Cc1ccc(Oc2ncnc(Nc3cc(C(F)(F)F)ccc3Cl)c2[N+](=O)[O-])cc1. The molecule has 0 unspecified atom stereocenters. The fourth-order valence-corrected chi connectivity index (χ4v) is 2.50. The first-order valence-corrected chi connectivity index (χ1v) is 8.40. The zero-order chi connectivity index (χ0) is 21.2. The first-order valence-electron chi connectivity index (χ1n) is 8.03. The number of aromatic nitrogens is 2. The highest BCUT2D eigenvalue weighted by atomic mass is 35.5. The van der Waals surface area contributed by atoms with Crippen LogP contribution in [-0.4, -0.2) is 14.9 Å². The van der Waals surface area contributed by atoms with Crippen LogP contribution in [0.25, 0.3) is 0 Å². The minimum atomic E-state index is -4.61. The van der Waals surface area contributed by atoms with Crippen LogP contribution in [0.2, 0.25) is 5.02 Å². The number of hydrogen-bond acceptors (Lipinski definition) is 6. The van der Waals surface area contributed by atoms with Crippen molar-refractivity contribution in [2.45, 2.75) is 13.1 Å². The summed E-state index contributed by atoms with van der Waals surface area (Å²) in [6.45, 7) is 1.86. The van der Waals surface area contributed by atoms with Gasteiger partial charge in [0.15, 0.2) is 0 Å². The van der Waals surface area contributed by atoms with Crippen LogP contribution in [0.3, 0.4) is 0 Å². The number of ether oxygens (including phenoxy) is 1. The Morgan fingerprint density at radius 3 is 2.45 bits per heavy atom. The van der Waals surface area contributed by atoms with Crippen LogP contribution in [-0.2, 0) is 6.18 Å². The summed E-state index contributed by atoms with van der Waals surface area (Å²) in [5.41, 5.74) is -0.876. The summed E-state index contributed by atoms with van der Waals surface area (Å²) in [5.74, 6) is -0.451. The number of hydrogen-bond donors (Lipinski definition) is 1. The molecule has 150 valence electrons. The van der Waals surface area contributed by atoms with Gasteiger partial charge in [0.25, 0.3) is 0 Å². The number of nitrogens with one attached hydrogen (secondary N) is 1. The standard InChI is InChI=1S/C18H12ClF3N4O3/c1-10-2-5-12(6-3-10)29-17-15(26(27)28)16(23-9-24-17)25-14-8-11(18(20,21)22)4-7-13(14)19/h2-9H,1H3,(H,23,24,25). The molecule has 0 saturated heterocycles. The normalized spacial score (nSPS) is 11.2. The Morgan fingerprint density at radius 2 is 1.83 bits per heavy atom. The van der Waals surface area contributed by atoms with Gasteiger partial charge >= 0.3 is 17.7 Å². The Labute approximate surface area is 167 Å². The van der Waals surface area contributed by atoms with Crippen molar-refractivity contribution in [2.75, 3.05) is 5.32 Å². The average Bonchev–Trinajstić information content (AvgIpc) is 2.64. The summed E-state index contributed by atoms with van der Waals surface area (Å²) in [6, 6.07) is 9.23. The van der Waals surface area contributed by atoms with Crippen molar-refractivity contribution in [1.29, 1.82) is 0 Å². The van der Waals surface area contributed by atoms with Gasteiger partial charge in [0.05, 0.1) is 21.2 Å². The third-order valence-electron chi connectivity index (χ3n) is 3.75. The molecule has 0 aliphatic rings. The lowest BCUT2D eigenvalue weighted by Gasteiger charge is -2.13. The summed E-state index contributed by atoms with van der Waals surface area (Å²) in [5, 5.41) is 14.0. The number of halogens is 4. The van der Waals surface area contributed by atoms with E-state index in [9.17, 15) is 23.3 Å². The highest BCUT2D eigenvalue weighted by molar-refractivity contribution is 6.33. The molecule has 0 radical (unpaired) electrons. The molecule has 11 heteroatoms. The molecule has 0 aliphatic carbocycles. The molecule has 0 atom stereocenters. The van der Waals surface area contributed by atoms with Gasteiger partial charge in [-0.25, -0.2) is 4.98 Å². The summed E-state index contributed by atoms with van der Waals surface area (Å²) in [7, 11) is 0. The molecule has 2 aromatic carbocycles. The maximum Gasteiger partial charge on any atom is 0.416 e. The molecule has 7 nitrogen and oxygen atoms in total. The highest BCUT2D eigenvalue weighted by Gasteiger charge is 2.32. The van der Waals surface area contributed by atoms with Crippen molar-refractivity contribution >= 4 is 28.8 Å². The molecule has 0 spiro atoms. The van der Waals surface area contributed by atoms with Crippen LogP contribution in [0.5, 0.6) is 11.6 Å². The molecule has 3 aromatic rings. The second-order valence-electron chi connectivity index (χ2n) is 5.87. The van der Waals surface area contributed by atoms with E-state index in [1.165, 1.54) is 0 Å². The number of nitro groups is 1. The largest absolute Gasteiger partial charge is 0.434 e. The predicted octanol–water partition coefficient (Wildman–Crippen LogP) is 5.90. The van der Waals surface area contributed by atoms with Gasteiger partial charge in [-0.3, -0.25) is 10.1 Å². The second kappa shape index (κ2) is 7.92. The summed E-state index contributed by atoms with van der Waals surface area (Å²) < 4.78 is 44.3. The summed E-state index contributed by atoms with van der Waals surface area (Å²) in [4.78, 5) is 18.3. The van der Waals surface area contributed by atoms with E-state index in [1.807, 2.05) is 6.92 Å². The van der Waals surface area contributed by atoms with E-state index < -0.39 is 22.4 Å². The molecule has 1 N–H and O–H groups in total. The van der Waals surface area contributed by atoms with Gasteiger partial charge in [0, 0.05) is 0 Å². The van der Waals surface area contributed by atoms with Gasteiger partial charge in [-0.1, -0.05) is 29.3 Å². The highest BCUT2D eigenvalue weighted by Crippen LogP contribution is 2.39. The van der Waals surface area contributed by atoms with Gasteiger partial charge in [-0.2, -0.15) is 18.2 Å². The van der Waals surface area contributed by atoms with Crippen LogP contribution >= 0.6 is 11.6 Å². The monoisotopic (exact) mass is 424 g/mol. The van der Waals surface area contributed by atoms with E-state index in [0.29, 0.717) is 5.75 Å². The van der Waals surface area contributed by atoms with Crippen molar-refractivity contribution < 1.29 is 22.8 Å². The van der Waals surface area contributed by atoms with Crippen LogP contribution < -0.4 is 10.1 Å². The Kier molecular flexibility index (Phi) is 5.55. The van der Waals surface area contributed by atoms with Gasteiger partial charge < -0.3 is 10.1 Å². The van der Waals surface area contributed by atoms with Crippen molar-refractivity contribution in [3.05, 3.63) is 75.1 Å². The van der Waals surface area contributed by atoms with Gasteiger partial charge in [0.2, 0.25) is 5.82 Å². The van der Waals surface area contributed by atoms with E-state index in [2.05, 4.69) is 15.3 Å². The van der Waals surface area contributed by atoms with Crippen LogP contribution in [0, 0.1) is 17.0 Å². The fourth-order valence-electron chi connectivity index (χ4n) is 2.34. The number of aryl methyl sites for hydroxylation is 1. The van der Waals surface area contributed by atoms with Crippen molar-refractivity contribution in [3.63, 3.8) is 0 Å². The predicted molar refractivity (Wildman–Crippen MR) is 99.7 cm³/mol. The van der Waals surface area contributed by atoms with Crippen molar-refractivity contribution in [2.24, 2.45) is 0 Å². The first-order chi connectivity index (χ1) is 13.6. The van der Waals surface area contributed by atoms with E-state index in [0.717, 1.165) is 30.1 Å². The minimum Gasteiger partial charge on any atom is -0.434 e. The number of nitrogens with zero attached hydrogens (tertiary/aromatic N) is 3.